The first-order valence-corrected chi connectivity index (χ1v) is 10.7. The normalized spacial score (nSPS) is 10.7. The molecular weight excluding hydrogens is 434 g/mol. The summed E-state index contributed by atoms with van der Waals surface area (Å²) in [5.41, 5.74) is 3.87. The number of nitrogens with one attached hydrogen (secondary N) is 1. The maximum atomic E-state index is 12.6. The highest BCUT2D eigenvalue weighted by molar-refractivity contribution is 6.04. The van der Waals surface area contributed by atoms with Gasteiger partial charge in [-0.2, -0.15) is 4.98 Å². The lowest BCUT2D eigenvalue weighted by Gasteiger charge is -2.10. The second-order valence-corrected chi connectivity index (χ2v) is 7.64. The topological polar surface area (TPSA) is 112 Å². The van der Waals surface area contributed by atoms with Crippen molar-refractivity contribution in [1.82, 2.24) is 14.8 Å². The number of aryl methyl sites for hydroxylation is 2. The van der Waals surface area contributed by atoms with Crippen LogP contribution in [0.1, 0.15) is 28.4 Å². The highest BCUT2D eigenvalue weighted by Crippen LogP contribution is 2.27. The van der Waals surface area contributed by atoms with E-state index in [9.17, 15) is 14.9 Å². The second kappa shape index (κ2) is 9.53. The second-order valence-electron chi connectivity index (χ2n) is 7.64. The summed E-state index contributed by atoms with van der Waals surface area (Å²) in [5, 5.41) is 18.4. The number of nitrogens with zero attached hydrogens (tertiary/aromatic N) is 4. The fraction of sp³-hybridized carbons (Fsp3) is 0.160. The number of aromatic nitrogens is 3. The lowest BCUT2D eigenvalue weighted by Crippen LogP contribution is -2.12. The van der Waals surface area contributed by atoms with E-state index < -0.39 is 10.8 Å². The van der Waals surface area contributed by atoms with Crippen molar-refractivity contribution < 1.29 is 14.5 Å². The molecule has 4 aromatic rings. The van der Waals surface area contributed by atoms with Gasteiger partial charge >= 0.3 is 6.01 Å². The molecule has 0 aliphatic rings. The van der Waals surface area contributed by atoms with Gasteiger partial charge in [0.25, 0.3) is 11.6 Å². The van der Waals surface area contributed by atoms with Crippen molar-refractivity contribution in [3.8, 4) is 23.1 Å². The number of nitro benzene ring substituents is 1. The molecule has 1 heterocycles. The summed E-state index contributed by atoms with van der Waals surface area (Å²) in [7, 11) is 0. The number of amides is 1. The van der Waals surface area contributed by atoms with Crippen molar-refractivity contribution in [2.45, 2.75) is 20.8 Å². The Morgan fingerprint density at radius 1 is 1.06 bits per heavy atom. The Balaban J connectivity index is 1.61. The highest BCUT2D eigenvalue weighted by Gasteiger charge is 2.17. The molecule has 1 aromatic heterocycles. The van der Waals surface area contributed by atoms with Crippen LogP contribution in [0.25, 0.3) is 17.1 Å². The van der Waals surface area contributed by atoms with Gasteiger partial charge in [-0.3, -0.25) is 14.9 Å². The number of nitro groups is 1. The Labute approximate surface area is 196 Å². The van der Waals surface area contributed by atoms with Gasteiger partial charge < -0.3 is 10.1 Å². The van der Waals surface area contributed by atoms with Gasteiger partial charge in [0.1, 0.15) is 0 Å². The van der Waals surface area contributed by atoms with Gasteiger partial charge in [0.05, 0.1) is 17.2 Å². The molecule has 172 valence electrons. The van der Waals surface area contributed by atoms with E-state index in [1.54, 1.807) is 48.0 Å². The van der Waals surface area contributed by atoms with Crippen LogP contribution >= 0.6 is 0 Å². The van der Waals surface area contributed by atoms with E-state index in [4.69, 9.17) is 4.74 Å². The maximum Gasteiger partial charge on any atom is 0.336 e. The monoisotopic (exact) mass is 457 g/mol. The molecule has 1 amide bonds. The van der Waals surface area contributed by atoms with Gasteiger partial charge in [-0.25, -0.2) is 4.68 Å². The fourth-order valence-corrected chi connectivity index (χ4v) is 3.50. The third-order valence-electron chi connectivity index (χ3n) is 5.28. The molecule has 0 saturated carbocycles. The number of ether oxygens (including phenoxy) is 1. The number of rotatable bonds is 7. The van der Waals surface area contributed by atoms with Crippen LogP contribution in [0.2, 0.25) is 0 Å². The Morgan fingerprint density at radius 3 is 2.47 bits per heavy atom. The molecular formula is C25H23N5O4. The molecule has 1 N–H and O–H groups in total. The standard InChI is InChI=1S/C25H23N5O4/c1-4-34-25-27-23(21-8-6-5-7-16(21)2)29(28-25)20-13-11-19(12-14-20)26-24(31)18-10-9-17(3)22(15-18)30(32)33/h5-15H,4H2,1-3H3,(H,26,31). The van der Waals surface area contributed by atoms with Crippen LogP contribution < -0.4 is 10.1 Å². The first kappa shape index (κ1) is 22.7. The van der Waals surface area contributed by atoms with Crippen molar-refractivity contribution in [3.05, 3.63) is 93.5 Å². The third kappa shape index (κ3) is 4.63. The molecule has 3 aromatic carbocycles. The molecule has 4 rings (SSSR count). The Morgan fingerprint density at radius 2 is 1.79 bits per heavy atom. The summed E-state index contributed by atoms with van der Waals surface area (Å²) in [6.45, 7) is 5.95. The molecule has 0 aliphatic heterocycles. The number of hydrogen-bond acceptors (Lipinski definition) is 6. The van der Waals surface area contributed by atoms with Crippen molar-refractivity contribution in [3.63, 3.8) is 0 Å². The zero-order valence-corrected chi connectivity index (χ0v) is 19.0. The van der Waals surface area contributed by atoms with E-state index in [1.807, 2.05) is 38.1 Å². The molecule has 0 unspecified atom stereocenters. The Kier molecular flexibility index (Phi) is 6.35. The van der Waals surface area contributed by atoms with E-state index in [2.05, 4.69) is 15.4 Å². The highest BCUT2D eigenvalue weighted by atomic mass is 16.6. The predicted octanol–water partition coefficient (Wildman–Crippen LogP) is 5.11. The molecule has 0 radical (unpaired) electrons. The van der Waals surface area contributed by atoms with Crippen molar-refractivity contribution in [1.29, 1.82) is 0 Å². The van der Waals surface area contributed by atoms with Gasteiger partial charge in [-0.1, -0.05) is 30.3 Å². The number of carbonyl (C=O) groups excluding carboxylic acids is 1. The number of hydrogen-bond donors (Lipinski definition) is 1. The van der Waals surface area contributed by atoms with Gasteiger partial charge in [0.2, 0.25) is 0 Å². The van der Waals surface area contributed by atoms with Crippen LogP contribution in [0.3, 0.4) is 0 Å². The van der Waals surface area contributed by atoms with Crippen molar-refractivity contribution in [2.75, 3.05) is 11.9 Å². The SMILES string of the molecule is CCOc1nc(-c2ccccc2C)n(-c2ccc(NC(=O)c3ccc(C)c([N+](=O)[O-])c3)cc2)n1. The van der Waals surface area contributed by atoms with Gasteiger partial charge in [-0.05, 0) is 56.7 Å². The molecule has 34 heavy (non-hydrogen) atoms. The van der Waals surface area contributed by atoms with Crippen LogP contribution in [0.5, 0.6) is 6.01 Å². The van der Waals surface area contributed by atoms with Crippen molar-refractivity contribution in [2.24, 2.45) is 0 Å². The molecule has 9 heteroatoms. The van der Waals surface area contributed by atoms with Crippen LogP contribution in [-0.4, -0.2) is 32.2 Å². The first-order chi connectivity index (χ1) is 16.4. The molecule has 0 bridgehead atoms. The predicted molar refractivity (Wildman–Crippen MR) is 128 cm³/mol. The summed E-state index contributed by atoms with van der Waals surface area (Å²) < 4.78 is 7.22. The molecule has 9 nitrogen and oxygen atoms in total. The Hall–Kier alpha value is -4.53. The summed E-state index contributed by atoms with van der Waals surface area (Å²) in [5.74, 6) is 0.209. The quantitative estimate of drug-likeness (QED) is 0.305. The fourth-order valence-electron chi connectivity index (χ4n) is 3.50. The minimum atomic E-state index is -0.498. The Bertz CT molecular complexity index is 1360. The zero-order chi connectivity index (χ0) is 24.2. The third-order valence-corrected chi connectivity index (χ3v) is 5.28. The van der Waals surface area contributed by atoms with E-state index >= 15 is 0 Å². The average Bonchev–Trinajstić information content (AvgIpc) is 3.23. The smallest absolute Gasteiger partial charge is 0.336 e. The molecule has 0 spiro atoms. The van der Waals surface area contributed by atoms with Gasteiger partial charge in [-0.15, -0.1) is 5.10 Å². The lowest BCUT2D eigenvalue weighted by molar-refractivity contribution is -0.385. The van der Waals surface area contributed by atoms with Crippen molar-refractivity contribution >= 4 is 17.3 Å². The van der Waals surface area contributed by atoms with E-state index in [0.29, 0.717) is 23.7 Å². The summed E-state index contributed by atoms with van der Waals surface area (Å²) in [4.78, 5) is 27.9. The number of carbonyl (C=O) groups is 1. The van der Waals surface area contributed by atoms with Crippen LogP contribution in [0.4, 0.5) is 11.4 Å². The van der Waals surface area contributed by atoms with Gasteiger partial charge in [0, 0.05) is 28.4 Å². The lowest BCUT2D eigenvalue weighted by atomic mass is 10.1. The van der Waals surface area contributed by atoms with E-state index in [1.165, 1.54) is 6.07 Å². The number of benzene rings is 3. The van der Waals surface area contributed by atoms with E-state index in [0.717, 1.165) is 16.8 Å². The van der Waals surface area contributed by atoms with Crippen LogP contribution in [0, 0.1) is 24.0 Å². The maximum absolute atomic E-state index is 12.6. The minimum Gasteiger partial charge on any atom is -0.463 e. The van der Waals surface area contributed by atoms with Gasteiger partial charge in [0.15, 0.2) is 5.82 Å². The zero-order valence-electron chi connectivity index (χ0n) is 19.0. The molecule has 0 atom stereocenters. The summed E-state index contributed by atoms with van der Waals surface area (Å²) in [6.07, 6.45) is 0. The number of anilines is 1. The molecule has 0 saturated heterocycles. The average molecular weight is 457 g/mol. The van der Waals surface area contributed by atoms with Crippen LogP contribution in [-0.2, 0) is 0 Å². The van der Waals surface area contributed by atoms with Crippen LogP contribution in [0.15, 0.2) is 66.7 Å². The summed E-state index contributed by atoms with van der Waals surface area (Å²) >= 11 is 0. The minimum absolute atomic E-state index is 0.0944. The first-order valence-electron chi connectivity index (χ1n) is 10.7. The van der Waals surface area contributed by atoms with E-state index in [-0.39, 0.29) is 17.3 Å². The molecule has 0 fully saturated rings. The summed E-state index contributed by atoms with van der Waals surface area (Å²) in [6, 6.07) is 19.6. The molecule has 0 aliphatic carbocycles. The largest absolute Gasteiger partial charge is 0.463 e.